The van der Waals surface area contributed by atoms with Crippen LogP contribution in [0.15, 0.2) is 18.2 Å². The van der Waals surface area contributed by atoms with E-state index in [1.165, 1.54) is 18.4 Å². The van der Waals surface area contributed by atoms with Gasteiger partial charge in [-0.25, -0.2) is 4.98 Å². The van der Waals surface area contributed by atoms with Crippen LogP contribution in [0.1, 0.15) is 21.7 Å². The van der Waals surface area contributed by atoms with E-state index in [9.17, 15) is 9.59 Å². The lowest BCUT2D eigenvalue weighted by Gasteiger charge is -2.09. The maximum absolute atomic E-state index is 12.0. The van der Waals surface area contributed by atoms with E-state index in [4.69, 9.17) is 4.74 Å². The number of hydrogen-bond donors (Lipinski definition) is 1. The summed E-state index contributed by atoms with van der Waals surface area (Å²) < 4.78 is 10.2. The van der Waals surface area contributed by atoms with Crippen molar-refractivity contribution >= 4 is 28.3 Å². The van der Waals surface area contributed by atoms with Crippen molar-refractivity contribution in [2.45, 2.75) is 27.2 Å². The Kier molecular flexibility index (Phi) is 5.92. The largest absolute Gasteiger partial charge is 0.483 e. The molecule has 0 atom stereocenters. The van der Waals surface area contributed by atoms with Crippen LogP contribution in [0, 0.1) is 20.8 Å². The molecule has 1 amide bonds. The summed E-state index contributed by atoms with van der Waals surface area (Å²) in [4.78, 5) is 28.3. The van der Waals surface area contributed by atoms with E-state index < -0.39 is 0 Å². The third-order valence-electron chi connectivity index (χ3n) is 3.36. The molecule has 0 aliphatic carbocycles. The number of thiazole rings is 1. The standard InChI is InChI=1S/C17H20N2O4S/c1-10-5-6-13(11(2)7-10)23-9-15(20)19-17-18-12(3)14(24-17)8-16(21)22-4/h5-7H,8-9H2,1-4H3,(H,18,19,20). The third-order valence-corrected chi connectivity index (χ3v) is 4.43. The number of carbonyl (C=O) groups is 2. The predicted molar refractivity (Wildman–Crippen MR) is 92.6 cm³/mol. The van der Waals surface area contributed by atoms with Gasteiger partial charge in [0, 0.05) is 4.88 Å². The first-order valence-electron chi connectivity index (χ1n) is 7.42. The third kappa shape index (κ3) is 4.79. The fraction of sp³-hybridized carbons (Fsp3) is 0.353. The molecular formula is C17H20N2O4S. The number of aromatic nitrogens is 1. The van der Waals surface area contributed by atoms with Gasteiger partial charge in [0.2, 0.25) is 0 Å². The molecule has 0 saturated carbocycles. The summed E-state index contributed by atoms with van der Waals surface area (Å²) in [6, 6.07) is 5.78. The monoisotopic (exact) mass is 348 g/mol. The van der Waals surface area contributed by atoms with Crippen molar-refractivity contribution in [1.29, 1.82) is 0 Å². The zero-order chi connectivity index (χ0) is 17.7. The van der Waals surface area contributed by atoms with Crippen LogP contribution in [0.3, 0.4) is 0 Å². The first-order chi connectivity index (χ1) is 11.4. The summed E-state index contributed by atoms with van der Waals surface area (Å²) in [6.07, 6.45) is 0.148. The van der Waals surface area contributed by atoms with Crippen LogP contribution in [0.5, 0.6) is 5.75 Å². The molecule has 1 N–H and O–H groups in total. The van der Waals surface area contributed by atoms with E-state index >= 15 is 0 Å². The molecular weight excluding hydrogens is 328 g/mol. The summed E-state index contributed by atoms with van der Waals surface area (Å²) in [5.74, 6) is 0.0450. The average Bonchev–Trinajstić information content (AvgIpc) is 2.85. The van der Waals surface area contributed by atoms with Gasteiger partial charge in [0.15, 0.2) is 11.7 Å². The van der Waals surface area contributed by atoms with E-state index in [0.717, 1.165) is 16.0 Å². The highest BCUT2D eigenvalue weighted by atomic mass is 32.1. The van der Waals surface area contributed by atoms with Crippen LogP contribution in [0.2, 0.25) is 0 Å². The molecule has 0 fully saturated rings. The molecule has 24 heavy (non-hydrogen) atoms. The lowest BCUT2D eigenvalue weighted by Crippen LogP contribution is -2.20. The van der Waals surface area contributed by atoms with Gasteiger partial charge in [0.1, 0.15) is 5.75 Å². The van der Waals surface area contributed by atoms with Gasteiger partial charge < -0.3 is 9.47 Å². The number of methoxy groups -OCH3 is 1. The summed E-state index contributed by atoms with van der Waals surface area (Å²) in [5.41, 5.74) is 2.82. The quantitative estimate of drug-likeness (QED) is 0.812. The average molecular weight is 348 g/mol. The van der Waals surface area contributed by atoms with Gasteiger partial charge in [-0.1, -0.05) is 17.7 Å². The van der Waals surface area contributed by atoms with Crippen molar-refractivity contribution in [2.24, 2.45) is 0 Å². The molecule has 1 aromatic heterocycles. The number of nitrogens with one attached hydrogen (secondary N) is 1. The number of amides is 1. The van der Waals surface area contributed by atoms with Crippen molar-refractivity contribution in [3.05, 3.63) is 39.9 Å². The number of anilines is 1. The minimum Gasteiger partial charge on any atom is -0.483 e. The molecule has 0 aliphatic heterocycles. The fourth-order valence-corrected chi connectivity index (χ4v) is 3.07. The Morgan fingerprint density at radius 3 is 2.67 bits per heavy atom. The number of rotatable bonds is 6. The lowest BCUT2D eigenvalue weighted by atomic mass is 10.1. The summed E-state index contributed by atoms with van der Waals surface area (Å²) in [7, 11) is 1.34. The van der Waals surface area contributed by atoms with Gasteiger partial charge in [-0.05, 0) is 32.4 Å². The molecule has 0 bridgehead atoms. The van der Waals surface area contributed by atoms with Crippen molar-refractivity contribution in [3.8, 4) is 5.75 Å². The zero-order valence-electron chi connectivity index (χ0n) is 14.1. The Morgan fingerprint density at radius 1 is 1.25 bits per heavy atom. The topological polar surface area (TPSA) is 77.5 Å². The number of benzene rings is 1. The van der Waals surface area contributed by atoms with Crippen LogP contribution in [0.25, 0.3) is 0 Å². The molecule has 0 aliphatic rings. The Hall–Kier alpha value is -2.41. The number of nitrogens with zero attached hydrogens (tertiary/aromatic N) is 1. The molecule has 7 heteroatoms. The molecule has 2 rings (SSSR count). The molecule has 2 aromatic rings. The Labute approximate surface area is 144 Å². The highest BCUT2D eigenvalue weighted by Gasteiger charge is 2.14. The summed E-state index contributed by atoms with van der Waals surface area (Å²) in [6.45, 7) is 5.62. The first kappa shape index (κ1) is 17.9. The maximum atomic E-state index is 12.0. The minimum absolute atomic E-state index is 0.102. The van der Waals surface area contributed by atoms with Gasteiger partial charge in [-0.2, -0.15) is 0 Å². The summed E-state index contributed by atoms with van der Waals surface area (Å²) in [5, 5.41) is 3.13. The Balaban J connectivity index is 1.92. The highest BCUT2D eigenvalue weighted by Crippen LogP contribution is 2.23. The Bertz CT molecular complexity index is 755. The number of ether oxygens (including phenoxy) is 2. The SMILES string of the molecule is COC(=O)Cc1sc(NC(=O)COc2ccc(C)cc2C)nc1C. The number of aryl methyl sites for hydroxylation is 3. The molecule has 0 radical (unpaired) electrons. The predicted octanol–water partition coefficient (Wildman–Crippen LogP) is 2.80. The van der Waals surface area contributed by atoms with Crippen molar-refractivity contribution in [2.75, 3.05) is 19.0 Å². The smallest absolute Gasteiger partial charge is 0.310 e. The molecule has 0 unspecified atom stereocenters. The summed E-state index contributed by atoms with van der Waals surface area (Å²) >= 11 is 1.26. The van der Waals surface area contributed by atoms with E-state index in [0.29, 0.717) is 16.6 Å². The van der Waals surface area contributed by atoms with Crippen LogP contribution in [-0.4, -0.2) is 30.6 Å². The molecule has 0 spiro atoms. The molecule has 1 aromatic carbocycles. The van der Waals surface area contributed by atoms with Gasteiger partial charge in [0.05, 0.1) is 19.2 Å². The van der Waals surface area contributed by atoms with Gasteiger partial charge in [-0.15, -0.1) is 11.3 Å². The number of esters is 1. The van der Waals surface area contributed by atoms with Crippen LogP contribution >= 0.6 is 11.3 Å². The fourth-order valence-electron chi connectivity index (χ4n) is 2.11. The second-order valence-corrected chi connectivity index (χ2v) is 6.47. The van der Waals surface area contributed by atoms with E-state index in [1.54, 1.807) is 6.92 Å². The highest BCUT2D eigenvalue weighted by molar-refractivity contribution is 7.16. The van der Waals surface area contributed by atoms with Gasteiger partial charge >= 0.3 is 5.97 Å². The maximum Gasteiger partial charge on any atom is 0.310 e. The normalized spacial score (nSPS) is 10.3. The van der Waals surface area contributed by atoms with Gasteiger partial charge in [0.25, 0.3) is 5.91 Å². The Morgan fingerprint density at radius 2 is 2.00 bits per heavy atom. The zero-order valence-corrected chi connectivity index (χ0v) is 15.0. The molecule has 6 nitrogen and oxygen atoms in total. The second kappa shape index (κ2) is 7.92. The van der Waals surface area contributed by atoms with Crippen molar-refractivity contribution in [3.63, 3.8) is 0 Å². The van der Waals surface area contributed by atoms with Crippen LogP contribution < -0.4 is 10.1 Å². The number of hydrogen-bond acceptors (Lipinski definition) is 6. The van der Waals surface area contributed by atoms with Crippen molar-refractivity contribution in [1.82, 2.24) is 4.98 Å². The molecule has 128 valence electrons. The van der Waals surface area contributed by atoms with Crippen molar-refractivity contribution < 1.29 is 19.1 Å². The lowest BCUT2D eigenvalue weighted by molar-refractivity contribution is -0.139. The number of carbonyl (C=O) groups excluding carboxylic acids is 2. The van der Waals surface area contributed by atoms with E-state index in [-0.39, 0.29) is 24.9 Å². The first-order valence-corrected chi connectivity index (χ1v) is 8.23. The van der Waals surface area contributed by atoms with Crippen LogP contribution in [0.4, 0.5) is 5.13 Å². The van der Waals surface area contributed by atoms with Crippen LogP contribution in [-0.2, 0) is 20.7 Å². The van der Waals surface area contributed by atoms with E-state index in [2.05, 4.69) is 15.0 Å². The van der Waals surface area contributed by atoms with E-state index in [1.807, 2.05) is 32.0 Å². The van der Waals surface area contributed by atoms with Gasteiger partial charge in [-0.3, -0.25) is 14.9 Å². The molecule has 0 saturated heterocycles. The minimum atomic E-state index is -0.335. The second-order valence-electron chi connectivity index (χ2n) is 5.39. The molecule has 1 heterocycles.